The van der Waals surface area contributed by atoms with E-state index in [4.69, 9.17) is 19.8 Å². The summed E-state index contributed by atoms with van der Waals surface area (Å²) in [5.74, 6) is -0.707. The van der Waals surface area contributed by atoms with Crippen molar-refractivity contribution in [1.29, 1.82) is 0 Å². The monoisotopic (exact) mass is 393 g/mol. The van der Waals surface area contributed by atoms with Gasteiger partial charge < -0.3 is 24.5 Å². The maximum Gasteiger partial charge on any atom is 0.482 e. The van der Waals surface area contributed by atoms with Gasteiger partial charge in [0.15, 0.2) is 5.60 Å². The van der Waals surface area contributed by atoms with Crippen LogP contribution < -0.4 is 5.56 Å². The van der Waals surface area contributed by atoms with Gasteiger partial charge in [0.2, 0.25) is 0 Å². The minimum atomic E-state index is -1.79. The second-order valence-corrected chi connectivity index (χ2v) is 6.91. The van der Waals surface area contributed by atoms with E-state index in [9.17, 15) is 14.7 Å². The van der Waals surface area contributed by atoms with E-state index in [2.05, 4.69) is 0 Å². The number of hydrogen-bond donors (Lipinski definition) is 3. The number of ether oxygens (including phenoxy) is 1. The summed E-state index contributed by atoms with van der Waals surface area (Å²) in [5.41, 5.74) is 1.81. The lowest BCUT2D eigenvalue weighted by Gasteiger charge is -2.31. The van der Waals surface area contributed by atoms with Crippen LogP contribution in [0.3, 0.4) is 0 Å². The third kappa shape index (κ3) is 2.86. The number of aliphatic hydroxyl groups is 1. The number of benzene rings is 1. The van der Waals surface area contributed by atoms with E-state index in [0.717, 1.165) is 22.2 Å². The molecule has 0 amide bonds. The van der Waals surface area contributed by atoms with Gasteiger partial charge in [0, 0.05) is 16.5 Å². The number of pyridine rings is 2. The van der Waals surface area contributed by atoms with Crippen LogP contribution in [0.4, 0.5) is 0 Å². The molecule has 1 aromatic carbocycles. The van der Waals surface area contributed by atoms with E-state index in [0.29, 0.717) is 23.4 Å². The predicted octanol–water partition coefficient (Wildman–Crippen LogP) is 0.585. The Bertz CT molecular complexity index is 1190. The highest BCUT2D eigenvalue weighted by molar-refractivity contribution is 6.13. The SMILES string of the molecule is CCC1(O)C(=O)OCc2c1cc1n(c2=O)Cc2cc3ccccc3nc2-1.O[B]O. The first-order valence-electron chi connectivity index (χ1n) is 9.10. The van der Waals surface area contributed by atoms with Crippen LogP contribution in [0.15, 0.2) is 41.2 Å². The van der Waals surface area contributed by atoms with E-state index in [1.807, 2.05) is 30.3 Å². The summed E-state index contributed by atoms with van der Waals surface area (Å²) in [7, 11) is 0. The van der Waals surface area contributed by atoms with Crippen LogP contribution >= 0.6 is 0 Å². The molecule has 0 fully saturated rings. The van der Waals surface area contributed by atoms with Gasteiger partial charge in [-0.3, -0.25) is 4.79 Å². The zero-order valence-corrected chi connectivity index (χ0v) is 15.6. The number of fused-ring (bicyclic) bond motifs is 5. The maximum absolute atomic E-state index is 13.0. The van der Waals surface area contributed by atoms with Crippen LogP contribution in [0, 0.1) is 0 Å². The average Bonchev–Trinajstić information content (AvgIpc) is 3.08. The molecule has 2 aromatic heterocycles. The third-order valence-electron chi connectivity index (χ3n) is 5.42. The minimum absolute atomic E-state index is 0. The van der Waals surface area contributed by atoms with E-state index in [1.54, 1.807) is 17.6 Å². The van der Waals surface area contributed by atoms with Crippen molar-refractivity contribution in [3.05, 3.63) is 63.4 Å². The number of hydrogen-bond acceptors (Lipinski definition) is 7. The number of cyclic esters (lactones) is 1. The fraction of sp³-hybridized carbons (Fsp3) is 0.250. The second-order valence-electron chi connectivity index (χ2n) is 6.91. The molecule has 29 heavy (non-hydrogen) atoms. The molecule has 0 spiro atoms. The van der Waals surface area contributed by atoms with E-state index in [1.165, 1.54) is 0 Å². The summed E-state index contributed by atoms with van der Waals surface area (Å²) in [6, 6.07) is 11.6. The molecule has 2 aliphatic rings. The van der Waals surface area contributed by atoms with Gasteiger partial charge in [-0.25, -0.2) is 9.78 Å². The summed E-state index contributed by atoms with van der Waals surface area (Å²) >= 11 is 0. The molecule has 3 aromatic rings. The first-order valence-corrected chi connectivity index (χ1v) is 9.10. The topological polar surface area (TPSA) is 122 Å². The second kappa shape index (κ2) is 7.11. The normalized spacial score (nSPS) is 18.8. The smallest absolute Gasteiger partial charge is 0.458 e. The highest BCUT2D eigenvalue weighted by atomic mass is 16.6. The number of esters is 1. The summed E-state index contributed by atoms with van der Waals surface area (Å²) in [6.07, 6.45) is 0.139. The Morgan fingerprint density at radius 2 is 1.97 bits per heavy atom. The zero-order chi connectivity index (χ0) is 20.8. The van der Waals surface area contributed by atoms with Crippen LogP contribution in [-0.4, -0.2) is 38.4 Å². The van der Waals surface area contributed by atoms with Gasteiger partial charge in [-0.2, -0.15) is 0 Å². The van der Waals surface area contributed by atoms with Gasteiger partial charge in [-0.15, -0.1) is 0 Å². The molecule has 0 aliphatic carbocycles. The summed E-state index contributed by atoms with van der Waals surface area (Å²) in [6.45, 7) is 2.01. The summed E-state index contributed by atoms with van der Waals surface area (Å²) in [5, 5.41) is 25.8. The van der Waals surface area contributed by atoms with E-state index >= 15 is 0 Å². The van der Waals surface area contributed by atoms with Crippen LogP contribution in [0.25, 0.3) is 22.3 Å². The quantitative estimate of drug-likeness (QED) is 0.320. The zero-order valence-electron chi connectivity index (χ0n) is 15.6. The number of carbonyl (C=O) groups is 1. The number of rotatable bonds is 1. The van der Waals surface area contributed by atoms with Crippen LogP contribution in [0.2, 0.25) is 0 Å². The van der Waals surface area contributed by atoms with Gasteiger partial charge >= 0.3 is 13.7 Å². The highest BCUT2D eigenvalue weighted by Crippen LogP contribution is 2.38. The van der Waals surface area contributed by atoms with Crippen molar-refractivity contribution in [2.24, 2.45) is 0 Å². The Morgan fingerprint density at radius 3 is 2.69 bits per heavy atom. The molecule has 9 heteroatoms. The number of carbonyl (C=O) groups excluding carboxylic acids is 1. The molecule has 5 rings (SSSR count). The number of para-hydroxylation sites is 1. The van der Waals surface area contributed by atoms with Gasteiger partial charge in [0.1, 0.15) is 6.61 Å². The van der Waals surface area contributed by atoms with Gasteiger partial charge in [0.05, 0.1) is 29.0 Å². The molecular formula is C20H18BN2O6. The van der Waals surface area contributed by atoms with Crippen molar-refractivity contribution in [1.82, 2.24) is 9.55 Å². The van der Waals surface area contributed by atoms with Gasteiger partial charge in [-0.1, -0.05) is 25.1 Å². The van der Waals surface area contributed by atoms with Crippen LogP contribution in [0.5, 0.6) is 0 Å². The lowest BCUT2D eigenvalue weighted by Crippen LogP contribution is -2.44. The molecule has 147 valence electrons. The lowest BCUT2D eigenvalue weighted by molar-refractivity contribution is -0.172. The Morgan fingerprint density at radius 1 is 1.24 bits per heavy atom. The molecule has 1 atom stereocenters. The van der Waals surface area contributed by atoms with Crippen LogP contribution in [0.1, 0.15) is 30.0 Å². The molecule has 0 saturated carbocycles. The molecule has 1 radical (unpaired) electrons. The van der Waals surface area contributed by atoms with Gasteiger partial charge in [-0.05, 0) is 24.6 Å². The molecule has 0 saturated heterocycles. The Balaban J connectivity index is 0.000000645. The highest BCUT2D eigenvalue weighted by Gasteiger charge is 2.45. The molecule has 2 aliphatic heterocycles. The molecule has 3 N–H and O–H groups in total. The Kier molecular flexibility index (Phi) is 4.73. The van der Waals surface area contributed by atoms with Crippen LogP contribution in [-0.2, 0) is 28.3 Å². The third-order valence-corrected chi connectivity index (χ3v) is 5.42. The molecule has 4 heterocycles. The van der Waals surface area contributed by atoms with Crippen molar-refractivity contribution in [3.8, 4) is 11.4 Å². The average molecular weight is 393 g/mol. The van der Waals surface area contributed by atoms with Crippen molar-refractivity contribution in [2.45, 2.75) is 32.1 Å². The van der Waals surface area contributed by atoms with E-state index in [-0.39, 0.29) is 26.3 Å². The van der Waals surface area contributed by atoms with Gasteiger partial charge in [0.25, 0.3) is 5.56 Å². The summed E-state index contributed by atoms with van der Waals surface area (Å²) < 4.78 is 6.72. The Labute approximate surface area is 166 Å². The largest absolute Gasteiger partial charge is 0.482 e. The maximum atomic E-state index is 13.0. The first-order chi connectivity index (χ1) is 13.9. The minimum Gasteiger partial charge on any atom is -0.458 e. The lowest BCUT2D eigenvalue weighted by atomic mass is 9.86. The van der Waals surface area contributed by atoms with Crippen molar-refractivity contribution >= 4 is 24.6 Å². The van der Waals surface area contributed by atoms with E-state index < -0.39 is 11.6 Å². The van der Waals surface area contributed by atoms with Crippen molar-refractivity contribution in [3.63, 3.8) is 0 Å². The Hall–Kier alpha value is -3.01. The molecule has 1 unspecified atom stereocenters. The van der Waals surface area contributed by atoms with Crippen molar-refractivity contribution < 1.29 is 24.7 Å². The number of nitrogens with zero attached hydrogens (tertiary/aromatic N) is 2. The standard InChI is InChI=1S/C20H16N2O4.BH2O2/c1-2-20(25)14-8-16-17-12(7-11-5-3-4-6-15(11)21-17)9-22(16)18(23)13(14)10-26-19(20)24;2-1-3/h3-8,25H,2,9-10H2,1H3;2-3H. The fourth-order valence-corrected chi connectivity index (χ4v) is 3.93. The molecular weight excluding hydrogens is 375 g/mol. The first kappa shape index (κ1) is 19.3. The van der Waals surface area contributed by atoms with Crippen molar-refractivity contribution in [2.75, 3.05) is 0 Å². The fourth-order valence-electron chi connectivity index (χ4n) is 3.93. The number of aromatic nitrogens is 2. The predicted molar refractivity (Wildman–Crippen MR) is 105 cm³/mol. The molecule has 0 bridgehead atoms. The molecule has 8 nitrogen and oxygen atoms in total. The summed E-state index contributed by atoms with van der Waals surface area (Å²) in [4.78, 5) is 29.9.